The molecule has 1 aromatic rings. The highest BCUT2D eigenvalue weighted by Crippen LogP contribution is 2.27. The summed E-state index contributed by atoms with van der Waals surface area (Å²) in [4.78, 5) is 0. The lowest BCUT2D eigenvalue weighted by Crippen LogP contribution is -2.10. The van der Waals surface area contributed by atoms with Crippen LogP contribution in [0.2, 0.25) is 0 Å². The fourth-order valence-corrected chi connectivity index (χ4v) is 1.97. The van der Waals surface area contributed by atoms with Crippen LogP contribution in [0.4, 0.5) is 0 Å². The normalized spacial score (nSPS) is 13.3. The fraction of sp³-hybridized carbons (Fsp3) is 0.500. The molecular weight excluding hydrogens is 238 g/mol. The van der Waals surface area contributed by atoms with E-state index in [-0.39, 0.29) is 6.04 Å². The molecule has 78 valence electrons. The summed E-state index contributed by atoms with van der Waals surface area (Å²) in [5.41, 5.74) is 8.61. The average Bonchev–Trinajstić information content (AvgIpc) is 2.17. The topological polar surface area (TPSA) is 26.0 Å². The van der Waals surface area contributed by atoms with Gasteiger partial charge in [0.2, 0.25) is 0 Å². The molecule has 0 aliphatic rings. The molecule has 14 heavy (non-hydrogen) atoms. The monoisotopic (exact) mass is 255 g/mol. The van der Waals surface area contributed by atoms with Crippen LogP contribution in [0.1, 0.15) is 50.3 Å². The van der Waals surface area contributed by atoms with Crippen molar-refractivity contribution in [3.8, 4) is 0 Å². The van der Waals surface area contributed by atoms with Crippen molar-refractivity contribution in [3.63, 3.8) is 0 Å². The van der Waals surface area contributed by atoms with Crippen molar-refractivity contribution in [2.75, 3.05) is 0 Å². The summed E-state index contributed by atoms with van der Waals surface area (Å²) < 4.78 is 1.12. The Bertz CT molecular complexity index is 307. The smallest absolute Gasteiger partial charge is 0.0303 e. The van der Waals surface area contributed by atoms with Crippen molar-refractivity contribution >= 4 is 15.9 Å². The Morgan fingerprint density at radius 1 is 1.36 bits per heavy atom. The second-order valence-electron chi connectivity index (χ2n) is 3.95. The van der Waals surface area contributed by atoms with Crippen LogP contribution >= 0.6 is 15.9 Å². The van der Waals surface area contributed by atoms with E-state index in [4.69, 9.17) is 5.73 Å². The first-order valence-corrected chi connectivity index (χ1v) is 5.90. The molecule has 0 spiro atoms. The van der Waals surface area contributed by atoms with E-state index in [2.05, 4.69) is 54.9 Å². The molecule has 2 heteroatoms. The fourth-order valence-electron chi connectivity index (χ4n) is 1.43. The van der Waals surface area contributed by atoms with E-state index < -0.39 is 0 Å². The van der Waals surface area contributed by atoms with Crippen molar-refractivity contribution in [3.05, 3.63) is 33.8 Å². The molecule has 1 nitrogen and oxygen atoms in total. The van der Waals surface area contributed by atoms with Gasteiger partial charge in [0.1, 0.15) is 0 Å². The largest absolute Gasteiger partial charge is 0.324 e. The van der Waals surface area contributed by atoms with Crippen LogP contribution in [-0.2, 0) is 0 Å². The molecule has 2 N–H and O–H groups in total. The Hall–Kier alpha value is -0.340. The van der Waals surface area contributed by atoms with Crippen LogP contribution in [0.25, 0.3) is 0 Å². The van der Waals surface area contributed by atoms with Gasteiger partial charge < -0.3 is 5.73 Å². The van der Waals surface area contributed by atoms with Crippen LogP contribution in [0.15, 0.2) is 22.7 Å². The van der Waals surface area contributed by atoms with Crippen LogP contribution in [0, 0.1) is 0 Å². The molecule has 0 amide bonds. The van der Waals surface area contributed by atoms with E-state index in [9.17, 15) is 0 Å². The molecule has 0 heterocycles. The van der Waals surface area contributed by atoms with Gasteiger partial charge in [0.05, 0.1) is 0 Å². The molecule has 0 aromatic heterocycles. The van der Waals surface area contributed by atoms with Gasteiger partial charge in [0.25, 0.3) is 0 Å². The summed E-state index contributed by atoms with van der Waals surface area (Å²) in [6.45, 7) is 6.51. The van der Waals surface area contributed by atoms with E-state index >= 15 is 0 Å². The number of benzene rings is 1. The van der Waals surface area contributed by atoms with Gasteiger partial charge in [0.15, 0.2) is 0 Å². The predicted octanol–water partition coefficient (Wildman–Crippen LogP) is 3.98. The van der Waals surface area contributed by atoms with Gasteiger partial charge in [0, 0.05) is 10.5 Å². The van der Waals surface area contributed by atoms with Crippen molar-refractivity contribution in [1.29, 1.82) is 0 Å². The Labute approximate surface area is 94.8 Å². The van der Waals surface area contributed by atoms with Gasteiger partial charge in [-0.25, -0.2) is 0 Å². The SMILES string of the molecule is CCC(N)c1cc(C(C)C)ccc1Br. The molecule has 1 rings (SSSR count). The van der Waals surface area contributed by atoms with Gasteiger partial charge in [-0.3, -0.25) is 0 Å². The maximum atomic E-state index is 6.03. The minimum Gasteiger partial charge on any atom is -0.324 e. The zero-order valence-corrected chi connectivity index (χ0v) is 10.6. The average molecular weight is 256 g/mol. The van der Waals surface area contributed by atoms with Gasteiger partial charge in [-0.1, -0.05) is 48.8 Å². The van der Waals surface area contributed by atoms with E-state index in [0.29, 0.717) is 5.92 Å². The summed E-state index contributed by atoms with van der Waals surface area (Å²) in [7, 11) is 0. The van der Waals surface area contributed by atoms with Crippen molar-refractivity contribution < 1.29 is 0 Å². The molecule has 0 bridgehead atoms. The van der Waals surface area contributed by atoms with Crippen molar-refractivity contribution in [2.24, 2.45) is 5.73 Å². The molecule has 0 aliphatic heterocycles. The minimum atomic E-state index is 0.142. The second kappa shape index (κ2) is 4.94. The van der Waals surface area contributed by atoms with Crippen LogP contribution < -0.4 is 5.73 Å². The summed E-state index contributed by atoms with van der Waals surface area (Å²) in [6.07, 6.45) is 0.972. The van der Waals surface area contributed by atoms with Crippen LogP contribution in [0.3, 0.4) is 0 Å². The molecule has 0 saturated carbocycles. The summed E-state index contributed by atoms with van der Waals surface area (Å²) in [6, 6.07) is 6.60. The zero-order valence-electron chi connectivity index (χ0n) is 9.05. The molecular formula is C12H18BrN. The molecule has 0 fully saturated rings. The highest BCUT2D eigenvalue weighted by atomic mass is 79.9. The Kier molecular flexibility index (Phi) is 4.14. The van der Waals surface area contributed by atoms with Crippen LogP contribution in [0.5, 0.6) is 0 Å². The molecule has 0 saturated heterocycles. The lowest BCUT2D eigenvalue weighted by molar-refractivity contribution is 0.692. The lowest BCUT2D eigenvalue weighted by atomic mass is 9.97. The standard InChI is InChI=1S/C12H18BrN/c1-4-12(14)10-7-9(8(2)3)5-6-11(10)13/h5-8,12H,4,14H2,1-3H3. The Morgan fingerprint density at radius 3 is 2.50 bits per heavy atom. The first-order valence-electron chi connectivity index (χ1n) is 5.11. The number of nitrogens with two attached hydrogens (primary N) is 1. The number of hydrogen-bond acceptors (Lipinski definition) is 1. The second-order valence-corrected chi connectivity index (χ2v) is 4.80. The Morgan fingerprint density at radius 2 is 2.00 bits per heavy atom. The Balaban J connectivity index is 3.08. The third-order valence-corrected chi connectivity index (χ3v) is 3.25. The van der Waals surface area contributed by atoms with E-state index in [0.717, 1.165) is 10.9 Å². The molecule has 0 radical (unpaired) electrons. The van der Waals surface area contributed by atoms with E-state index in [1.165, 1.54) is 11.1 Å². The maximum absolute atomic E-state index is 6.03. The van der Waals surface area contributed by atoms with Gasteiger partial charge in [-0.2, -0.15) is 0 Å². The number of halogens is 1. The molecule has 1 unspecified atom stereocenters. The third-order valence-electron chi connectivity index (χ3n) is 2.53. The maximum Gasteiger partial charge on any atom is 0.0303 e. The minimum absolute atomic E-state index is 0.142. The number of rotatable bonds is 3. The third kappa shape index (κ3) is 2.58. The van der Waals surface area contributed by atoms with Crippen molar-refractivity contribution in [2.45, 2.75) is 39.2 Å². The molecule has 0 aliphatic carbocycles. The first kappa shape index (κ1) is 11.7. The van der Waals surface area contributed by atoms with E-state index in [1.807, 2.05) is 0 Å². The van der Waals surface area contributed by atoms with Crippen LogP contribution in [-0.4, -0.2) is 0 Å². The highest BCUT2D eigenvalue weighted by Gasteiger charge is 2.09. The van der Waals surface area contributed by atoms with E-state index in [1.54, 1.807) is 0 Å². The van der Waals surface area contributed by atoms with Gasteiger partial charge in [-0.05, 0) is 29.5 Å². The first-order chi connectivity index (χ1) is 6.56. The summed E-state index contributed by atoms with van der Waals surface area (Å²) >= 11 is 3.54. The number of hydrogen-bond donors (Lipinski definition) is 1. The zero-order chi connectivity index (χ0) is 10.7. The predicted molar refractivity (Wildman–Crippen MR) is 65.5 cm³/mol. The highest BCUT2D eigenvalue weighted by molar-refractivity contribution is 9.10. The summed E-state index contributed by atoms with van der Waals surface area (Å²) in [5.74, 6) is 0.561. The van der Waals surface area contributed by atoms with Gasteiger partial charge >= 0.3 is 0 Å². The lowest BCUT2D eigenvalue weighted by Gasteiger charge is -2.14. The molecule has 1 atom stereocenters. The molecule has 1 aromatic carbocycles. The van der Waals surface area contributed by atoms with Crippen molar-refractivity contribution in [1.82, 2.24) is 0 Å². The quantitative estimate of drug-likeness (QED) is 0.869. The van der Waals surface area contributed by atoms with Gasteiger partial charge in [-0.15, -0.1) is 0 Å². The summed E-state index contributed by atoms with van der Waals surface area (Å²) in [5, 5.41) is 0.